The Morgan fingerprint density at radius 1 is 1.19 bits per heavy atom. The van der Waals surface area contributed by atoms with Crippen LogP contribution in [0.25, 0.3) is 11.0 Å². The first kappa shape index (κ1) is 31.7. The van der Waals surface area contributed by atoms with Crippen LogP contribution in [0.3, 0.4) is 0 Å². The van der Waals surface area contributed by atoms with Crippen LogP contribution in [-0.4, -0.2) is 104 Å². The van der Waals surface area contributed by atoms with Crippen molar-refractivity contribution < 1.29 is 39.2 Å². The fourth-order valence-corrected chi connectivity index (χ4v) is 7.58. The lowest BCUT2D eigenvalue weighted by molar-refractivity contribution is -0.192. The Bertz CT molecular complexity index is 1950. The number of aromatic hydroxyl groups is 2. The summed E-state index contributed by atoms with van der Waals surface area (Å²) in [7, 11) is 2.84. The van der Waals surface area contributed by atoms with E-state index in [9.17, 15) is 34.5 Å². The van der Waals surface area contributed by atoms with Crippen LogP contribution in [0.2, 0.25) is 0 Å². The number of methoxy groups -OCH3 is 1. The van der Waals surface area contributed by atoms with Gasteiger partial charge in [0.05, 0.1) is 5.52 Å². The number of phenols is 1. The third-order valence-corrected chi connectivity index (χ3v) is 9.98. The van der Waals surface area contributed by atoms with Crippen molar-refractivity contribution in [3.05, 3.63) is 71.2 Å². The Labute approximate surface area is 273 Å². The van der Waals surface area contributed by atoms with Gasteiger partial charge in [-0.15, -0.1) is 16.9 Å². The van der Waals surface area contributed by atoms with Crippen molar-refractivity contribution in [2.24, 2.45) is 7.05 Å². The van der Waals surface area contributed by atoms with Crippen molar-refractivity contribution in [2.45, 2.75) is 22.3 Å². The molecule has 0 spiro atoms. The number of aliphatic carboxylic acids is 1. The Morgan fingerprint density at radius 3 is 2.64 bits per heavy atom. The number of carbonyl (C=O) groups is 4. The summed E-state index contributed by atoms with van der Waals surface area (Å²) in [6.45, 7) is 0. The molecule has 1 fully saturated rings. The molecule has 5 heterocycles. The third-order valence-electron chi connectivity index (χ3n) is 7.51. The second-order valence-corrected chi connectivity index (χ2v) is 12.3. The van der Waals surface area contributed by atoms with Gasteiger partial charge >= 0.3 is 5.97 Å². The first-order chi connectivity index (χ1) is 22.6. The van der Waals surface area contributed by atoms with Crippen molar-refractivity contribution in [3.8, 4) is 11.5 Å². The summed E-state index contributed by atoms with van der Waals surface area (Å²) in [5.74, 6) is -4.11. The number of ether oxygens (including phenoxy) is 1. The van der Waals surface area contributed by atoms with Crippen LogP contribution < -0.4 is 10.6 Å². The number of fused-ring (bicyclic) bond motifs is 2. The molecule has 0 radical (unpaired) electrons. The molecule has 3 amide bonds. The van der Waals surface area contributed by atoms with Crippen LogP contribution in [0.15, 0.2) is 65.2 Å². The monoisotopic (exact) mass is 679 g/mol. The maximum Gasteiger partial charge on any atom is 0.352 e. The van der Waals surface area contributed by atoms with Gasteiger partial charge in [-0.3, -0.25) is 29.3 Å². The molecule has 5 N–H and O–H groups in total. The average Bonchev–Trinajstić information content (AvgIpc) is 3.49. The van der Waals surface area contributed by atoms with E-state index in [1.807, 2.05) is 0 Å². The summed E-state index contributed by atoms with van der Waals surface area (Å²) >= 11 is 2.39. The van der Waals surface area contributed by atoms with Gasteiger partial charge in [0.25, 0.3) is 17.5 Å². The predicted octanol–water partition coefficient (Wildman–Crippen LogP) is 0.541. The molecule has 1 aromatic carbocycles. The van der Waals surface area contributed by atoms with E-state index >= 15 is 0 Å². The normalized spacial score (nSPS) is 19.6. The van der Waals surface area contributed by atoms with Gasteiger partial charge in [-0.2, -0.15) is 0 Å². The van der Waals surface area contributed by atoms with Crippen molar-refractivity contribution in [2.75, 3.05) is 18.6 Å². The zero-order valence-corrected chi connectivity index (χ0v) is 26.2. The van der Waals surface area contributed by atoms with Crippen molar-refractivity contribution in [3.63, 3.8) is 0 Å². The van der Waals surface area contributed by atoms with Crippen molar-refractivity contribution in [1.82, 2.24) is 45.7 Å². The first-order valence-corrected chi connectivity index (χ1v) is 15.7. The number of β-lactam (4-membered cyclic amide) rings is 1. The number of hydrogen-bond acceptors (Lipinski definition) is 14. The number of tetrazole rings is 1. The lowest BCUT2D eigenvalue weighted by Crippen LogP contribution is -2.81. The van der Waals surface area contributed by atoms with E-state index in [0.29, 0.717) is 16.2 Å². The number of thioether (sulfide) groups is 2. The smallest absolute Gasteiger partial charge is 0.352 e. The van der Waals surface area contributed by atoms with Gasteiger partial charge in [-0.25, -0.2) is 9.48 Å². The maximum atomic E-state index is 13.9. The number of aromatic nitrogens is 6. The molecule has 1 unspecified atom stereocenters. The molecule has 3 aromatic heterocycles. The molecule has 0 bridgehead atoms. The van der Waals surface area contributed by atoms with Crippen LogP contribution in [0.5, 0.6) is 11.5 Å². The predicted molar refractivity (Wildman–Crippen MR) is 165 cm³/mol. The molecular weight excluding hydrogens is 654 g/mol. The summed E-state index contributed by atoms with van der Waals surface area (Å²) in [4.78, 5) is 62.8. The quantitative estimate of drug-likeness (QED) is 0.0874. The van der Waals surface area contributed by atoms with Crippen LogP contribution in [0.4, 0.5) is 0 Å². The molecule has 17 nitrogen and oxygen atoms in total. The molecule has 6 rings (SSSR count). The van der Waals surface area contributed by atoms with E-state index in [1.54, 1.807) is 19.2 Å². The Hall–Kier alpha value is -5.27. The number of pyridine rings is 2. The molecule has 3 atom stereocenters. The van der Waals surface area contributed by atoms with Crippen LogP contribution >= 0.6 is 23.5 Å². The lowest BCUT2D eigenvalue weighted by Gasteiger charge is -2.56. The van der Waals surface area contributed by atoms with Crippen molar-refractivity contribution >= 4 is 58.2 Å². The number of nitrogens with one attached hydrogen (secondary N) is 2. The molecule has 47 heavy (non-hydrogen) atoms. The third kappa shape index (κ3) is 5.57. The molecule has 242 valence electrons. The summed E-state index contributed by atoms with van der Waals surface area (Å²) in [5.41, 5.74) is -1.39. The number of carbonyl (C=O) groups excluding carboxylic acids is 3. The zero-order valence-electron chi connectivity index (χ0n) is 24.5. The van der Waals surface area contributed by atoms with E-state index in [-0.39, 0.29) is 39.6 Å². The number of rotatable bonds is 10. The second-order valence-electron chi connectivity index (χ2n) is 10.3. The van der Waals surface area contributed by atoms with Gasteiger partial charge in [0.2, 0.25) is 11.1 Å². The van der Waals surface area contributed by atoms with E-state index in [1.165, 1.54) is 65.8 Å². The van der Waals surface area contributed by atoms with Gasteiger partial charge in [-0.1, -0.05) is 23.9 Å². The number of amides is 3. The molecule has 2 aliphatic rings. The number of hydrogen-bond donors (Lipinski definition) is 5. The van der Waals surface area contributed by atoms with Crippen molar-refractivity contribution in [1.29, 1.82) is 0 Å². The Balaban J connectivity index is 1.27. The van der Waals surface area contributed by atoms with Crippen LogP contribution in [0, 0.1) is 0 Å². The Morgan fingerprint density at radius 2 is 1.96 bits per heavy atom. The van der Waals surface area contributed by atoms with Gasteiger partial charge in [-0.05, 0) is 45.8 Å². The molecule has 0 saturated carbocycles. The van der Waals surface area contributed by atoms with Gasteiger partial charge in [0.15, 0.2) is 5.75 Å². The highest BCUT2D eigenvalue weighted by Crippen LogP contribution is 2.47. The Kier molecular flexibility index (Phi) is 8.43. The highest BCUT2D eigenvalue weighted by molar-refractivity contribution is 8.01. The van der Waals surface area contributed by atoms with E-state index in [2.05, 4.69) is 36.1 Å². The first-order valence-electron chi connectivity index (χ1n) is 13.7. The fraction of sp³-hybridized carbons (Fsp3) is 0.250. The van der Waals surface area contributed by atoms with Crippen LogP contribution in [-0.2, 0) is 26.2 Å². The minimum Gasteiger partial charge on any atom is -0.508 e. The lowest BCUT2D eigenvalue weighted by atomic mass is 9.96. The molecule has 2 aliphatic heterocycles. The summed E-state index contributed by atoms with van der Waals surface area (Å²) < 4.78 is 7.01. The minimum absolute atomic E-state index is 0.0758. The summed E-state index contributed by atoms with van der Waals surface area (Å²) in [6.07, 6.45) is 2.56. The number of phenolic OH excluding ortho intramolecular Hbond substituents is 1. The van der Waals surface area contributed by atoms with Gasteiger partial charge in [0, 0.05) is 38.1 Å². The maximum absolute atomic E-state index is 13.9. The fourth-order valence-electron chi connectivity index (χ4n) is 5.15. The van der Waals surface area contributed by atoms with E-state index in [0.717, 1.165) is 11.1 Å². The second kappa shape index (κ2) is 12.5. The highest BCUT2D eigenvalue weighted by Gasteiger charge is 2.67. The SMILES string of the molecule is CO[C@@]1(NC(=O)C(NC(=O)c2cnc3cccnc3c2O)c2ccc(O)cc2)C(=O)N2C(C(=O)O)=C(CSc3nnnn3C)CS[C@H]21. The minimum atomic E-state index is -1.98. The van der Waals surface area contributed by atoms with E-state index in [4.69, 9.17) is 4.74 Å². The van der Waals surface area contributed by atoms with Gasteiger partial charge in [0.1, 0.15) is 33.9 Å². The molecule has 0 aliphatic carbocycles. The van der Waals surface area contributed by atoms with E-state index < -0.39 is 46.6 Å². The molecule has 1 saturated heterocycles. The molecule has 19 heteroatoms. The largest absolute Gasteiger partial charge is 0.508 e. The number of carboxylic acids is 1. The van der Waals surface area contributed by atoms with Crippen LogP contribution in [0.1, 0.15) is 22.0 Å². The summed E-state index contributed by atoms with van der Waals surface area (Å²) in [5, 5.41) is 46.5. The topological polar surface area (TPSA) is 235 Å². The standard InChI is InChI=1S/C28H25N9O8S2/c1-36-27(33-34-35-36)47-12-14-11-46-26-28(45-2,25(44)37(26)20(14)24(42)43)32-23(41)18(13-5-7-15(38)8-6-13)31-22(40)16-10-30-17-4-3-9-29-19(17)21(16)39/h3-10,18,26,38H,11-12H2,1-2H3,(H,30,39)(H,31,40)(H,32,41)(H,42,43)/t18?,26-,28-/m0/s1. The molecular formula is C28H25N9O8S2. The van der Waals surface area contributed by atoms with Gasteiger partial charge < -0.3 is 30.7 Å². The average molecular weight is 680 g/mol. The number of aryl methyl sites for hydroxylation is 1. The number of carboxylic acid groups (broad SMARTS) is 1. The zero-order chi connectivity index (χ0) is 33.5. The highest BCUT2D eigenvalue weighted by atomic mass is 32.2. The number of nitrogens with zero attached hydrogens (tertiary/aromatic N) is 7. The summed E-state index contributed by atoms with van der Waals surface area (Å²) in [6, 6.07) is 7.15. The molecule has 4 aromatic rings. The number of benzene rings is 1.